The molecule has 1 aliphatic rings. The Bertz CT molecular complexity index is 1330. The van der Waals surface area contributed by atoms with Gasteiger partial charge < -0.3 is 9.64 Å². The summed E-state index contributed by atoms with van der Waals surface area (Å²) in [4.78, 5) is 23.5. The summed E-state index contributed by atoms with van der Waals surface area (Å²) in [6, 6.07) is 12.6. The van der Waals surface area contributed by atoms with Crippen LogP contribution in [0.5, 0.6) is 11.6 Å². The second kappa shape index (κ2) is 9.02. The van der Waals surface area contributed by atoms with Gasteiger partial charge in [-0.05, 0) is 56.5 Å². The van der Waals surface area contributed by atoms with Gasteiger partial charge in [0.2, 0.25) is 5.88 Å². The Morgan fingerprint density at radius 2 is 1.94 bits per heavy atom. The number of aromatic nitrogens is 2. The second-order valence-electron chi connectivity index (χ2n) is 8.92. The lowest BCUT2D eigenvalue weighted by atomic mass is 9.97. The minimum Gasteiger partial charge on any atom is -0.439 e. The number of carbonyl (C=O) groups is 1. The first-order valence-corrected chi connectivity index (χ1v) is 12.2. The highest BCUT2D eigenvalue weighted by atomic mass is 32.2. The number of amides is 1. The summed E-state index contributed by atoms with van der Waals surface area (Å²) in [5, 5.41) is -0.407. The molecule has 3 heterocycles. The van der Waals surface area contributed by atoms with Gasteiger partial charge in [-0.25, -0.2) is 14.1 Å². The number of halogens is 1. The summed E-state index contributed by atoms with van der Waals surface area (Å²) in [5.41, 5.74) is -0.0772. The Labute approximate surface area is 197 Å². The van der Waals surface area contributed by atoms with Crippen molar-refractivity contribution in [1.82, 2.24) is 14.7 Å². The molecule has 34 heavy (non-hydrogen) atoms. The van der Waals surface area contributed by atoms with Crippen LogP contribution >= 0.6 is 0 Å². The van der Waals surface area contributed by atoms with Crippen molar-refractivity contribution in [3.8, 4) is 11.6 Å². The van der Waals surface area contributed by atoms with Crippen LogP contribution in [0.25, 0.3) is 0 Å². The first-order chi connectivity index (χ1) is 16.0. The largest absolute Gasteiger partial charge is 0.439 e. The standard InChI is InChI=1S/C24H25FN4O4S/c1-16-14-24(2,3)29(15-16)22-19(9-6-12-26-22)23(30)28-34(31,32)21-11-5-10-20(27-21)33-18-8-4-7-17(25)13-18/h4-13,16H,14-15H2,1-3H3,(H,28,30). The molecule has 1 saturated heterocycles. The average molecular weight is 485 g/mol. The van der Waals surface area contributed by atoms with Crippen molar-refractivity contribution < 1.29 is 22.3 Å². The molecule has 178 valence electrons. The van der Waals surface area contributed by atoms with Crippen molar-refractivity contribution in [3.05, 3.63) is 72.2 Å². The van der Waals surface area contributed by atoms with Crippen molar-refractivity contribution in [1.29, 1.82) is 0 Å². The molecule has 3 aromatic rings. The molecule has 4 rings (SSSR count). The zero-order valence-corrected chi connectivity index (χ0v) is 19.8. The van der Waals surface area contributed by atoms with E-state index in [-0.39, 0.29) is 22.7 Å². The summed E-state index contributed by atoms with van der Waals surface area (Å²) >= 11 is 0. The van der Waals surface area contributed by atoms with Gasteiger partial charge in [-0.2, -0.15) is 13.4 Å². The van der Waals surface area contributed by atoms with E-state index in [2.05, 4.69) is 35.5 Å². The molecule has 8 nitrogen and oxygen atoms in total. The Morgan fingerprint density at radius 3 is 2.65 bits per heavy atom. The van der Waals surface area contributed by atoms with Crippen LogP contribution in [0.15, 0.2) is 65.8 Å². The van der Waals surface area contributed by atoms with E-state index >= 15 is 0 Å². The molecule has 0 radical (unpaired) electrons. The monoisotopic (exact) mass is 484 g/mol. The Hall–Kier alpha value is -3.53. The van der Waals surface area contributed by atoms with Crippen LogP contribution in [-0.4, -0.2) is 36.4 Å². The summed E-state index contributed by atoms with van der Waals surface area (Å²) in [6.07, 6.45) is 2.50. The van der Waals surface area contributed by atoms with Gasteiger partial charge in [0.1, 0.15) is 17.4 Å². The van der Waals surface area contributed by atoms with Gasteiger partial charge in [0, 0.05) is 30.4 Å². The number of benzene rings is 1. The van der Waals surface area contributed by atoms with E-state index < -0.39 is 26.8 Å². The molecular weight excluding hydrogens is 459 g/mol. The molecule has 1 amide bonds. The fourth-order valence-corrected chi connectivity index (χ4v) is 5.16. The molecular formula is C24H25FN4O4S. The van der Waals surface area contributed by atoms with E-state index in [0.717, 1.165) is 12.5 Å². The quantitative estimate of drug-likeness (QED) is 0.561. The fraction of sp³-hybridized carbons (Fsp3) is 0.292. The number of ether oxygens (including phenoxy) is 1. The number of pyridine rings is 2. The van der Waals surface area contributed by atoms with E-state index in [4.69, 9.17) is 4.74 Å². The van der Waals surface area contributed by atoms with E-state index in [0.29, 0.717) is 18.3 Å². The number of sulfonamides is 1. The Morgan fingerprint density at radius 1 is 1.18 bits per heavy atom. The molecule has 0 saturated carbocycles. The summed E-state index contributed by atoms with van der Waals surface area (Å²) in [5.74, 6) is -0.375. The molecule has 1 aromatic carbocycles. The van der Waals surface area contributed by atoms with Crippen molar-refractivity contribution in [3.63, 3.8) is 0 Å². The maximum Gasteiger partial charge on any atom is 0.281 e. The minimum atomic E-state index is -4.32. The number of nitrogens with zero attached hydrogens (tertiary/aromatic N) is 3. The minimum absolute atomic E-state index is 0.0594. The van der Waals surface area contributed by atoms with Crippen molar-refractivity contribution >= 4 is 21.7 Å². The van der Waals surface area contributed by atoms with Crippen LogP contribution in [0, 0.1) is 11.7 Å². The third kappa shape index (κ3) is 5.01. The van der Waals surface area contributed by atoms with Gasteiger partial charge in [0.25, 0.3) is 15.9 Å². The Kier molecular flexibility index (Phi) is 6.26. The maximum atomic E-state index is 13.4. The third-order valence-electron chi connectivity index (χ3n) is 5.58. The normalized spacial score (nSPS) is 17.4. The molecule has 0 bridgehead atoms. The predicted molar refractivity (Wildman–Crippen MR) is 125 cm³/mol. The topological polar surface area (TPSA) is 101 Å². The van der Waals surface area contributed by atoms with E-state index in [1.807, 2.05) is 4.90 Å². The first kappa shape index (κ1) is 23.6. The van der Waals surface area contributed by atoms with Gasteiger partial charge in [-0.3, -0.25) is 4.79 Å². The molecule has 0 aliphatic carbocycles. The number of hydrogen-bond acceptors (Lipinski definition) is 7. The lowest BCUT2D eigenvalue weighted by Gasteiger charge is -2.33. The zero-order chi connectivity index (χ0) is 24.5. The van der Waals surface area contributed by atoms with E-state index in [1.54, 1.807) is 18.3 Å². The molecule has 10 heteroatoms. The highest BCUT2D eigenvalue weighted by Crippen LogP contribution is 2.37. The van der Waals surface area contributed by atoms with Gasteiger partial charge in [-0.15, -0.1) is 0 Å². The molecule has 1 N–H and O–H groups in total. The predicted octanol–water partition coefficient (Wildman–Crippen LogP) is 4.15. The van der Waals surface area contributed by atoms with Gasteiger partial charge in [0.05, 0.1) is 5.56 Å². The van der Waals surface area contributed by atoms with Crippen LogP contribution in [0.1, 0.15) is 37.6 Å². The molecule has 1 fully saturated rings. The zero-order valence-electron chi connectivity index (χ0n) is 19.0. The number of hydrogen-bond donors (Lipinski definition) is 1. The second-order valence-corrected chi connectivity index (χ2v) is 10.5. The van der Waals surface area contributed by atoms with Crippen molar-refractivity contribution in [2.24, 2.45) is 5.92 Å². The van der Waals surface area contributed by atoms with Crippen LogP contribution in [-0.2, 0) is 10.0 Å². The highest BCUT2D eigenvalue weighted by molar-refractivity contribution is 7.90. The number of nitrogens with one attached hydrogen (secondary N) is 1. The van der Waals surface area contributed by atoms with Crippen LogP contribution in [0.2, 0.25) is 0 Å². The van der Waals surface area contributed by atoms with E-state index in [9.17, 15) is 17.6 Å². The lowest BCUT2D eigenvalue weighted by molar-refractivity contribution is 0.0981. The van der Waals surface area contributed by atoms with Crippen LogP contribution in [0.3, 0.4) is 0 Å². The SMILES string of the molecule is CC1CN(c2ncccc2C(=O)NS(=O)(=O)c2cccc(Oc3cccc(F)c3)n2)C(C)(C)C1. The van der Waals surface area contributed by atoms with Crippen LogP contribution in [0.4, 0.5) is 10.2 Å². The number of anilines is 1. The van der Waals surface area contributed by atoms with Crippen molar-refractivity contribution in [2.45, 2.75) is 37.8 Å². The molecule has 1 atom stereocenters. The van der Waals surface area contributed by atoms with Gasteiger partial charge in [-0.1, -0.05) is 19.1 Å². The Balaban J connectivity index is 1.58. The number of carbonyl (C=O) groups excluding carboxylic acids is 1. The number of rotatable bonds is 6. The van der Waals surface area contributed by atoms with Gasteiger partial charge in [0.15, 0.2) is 5.03 Å². The van der Waals surface area contributed by atoms with Crippen LogP contribution < -0.4 is 14.4 Å². The average Bonchev–Trinajstić information content (AvgIpc) is 3.05. The fourth-order valence-electron chi connectivity index (χ4n) is 4.23. The third-order valence-corrected chi connectivity index (χ3v) is 6.81. The molecule has 2 aromatic heterocycles. The van der Waals surface area contributed by atoms with Crippen molar-refractivity contribution in [2.75, 3.05) is 11.4 Å². The molecule has 1 aliphatic heterocycles. The summed E-state index contributed by atoms with van der Waals surface area (Å²) in [6.45, 7) is 6.97. The summed E-state index contributed by atoms with van der Waals surface area (Å²) in [7, 11) is -4.32. The lowest BCUT2D eigenvalue weighted by Crippen LogP contribution is -2.41. The van der Waals surface area contributed by atoms with E-state index in [1.165, 1.54) is 36.4 Å². The highest BCUT2D eigenvalue weighted by Gasteiger charge is 2.39. The molecule has 0 spiro atoms. The smallest absolute Gasteiger partial charge is 0.281 e. The summed E-state index contributed by atoms with van der Waals surface area (Å²) < 4.78 is 46.8. The first-order valence-electron chi connectivity index (χ1n) is 10.8. The molecule has 1 unspecified atom stereocenters. The maximum absolute atomic E-state index is 13.4. The van der Waals surface area contributed by atoms with Gasteiger partial charge >= 0.3 is 0 Å².